The van der Waals surface area contributed by atoms with E-state index >= 15 is 0 Å². The number of para-hydroxylation sites is 1. The van der Waals surface area contributed by atoms with Gasteiger partial charge in [-0.3, -0.25) is 4.90 Å². The predicted octanol–water partition coefficient (Wildman–Crippen LogP) is 2.29. The molecule has 3 nitrogen and oxygen atoms in total. The zero-order chi connectivity index (χ0) is 12.2. The molecule has 0 aliphatic carbocycles. The van der Waals surface area contributed by atoms with Gasteiger partial charge in [-0.1, -0.05) is 23.9 Å². The van der Waals surface area contributed by atoms with E-state index in [0.717, 1.165) is 24.4 Å². The van der Waals surface area contributed by atoms with Crippen LogP contribution in [0.1, 0.15) is 0 Å². The minimum atomic E-state index is 1.13. The molecule has 96 valence electrons. The number of fused-ring (bicyclic) bond motifs is 1. The Morgan fingerprint density at radius 1 is 1.28 bits per heavy atom. The van der Waals surface area contributed by atoms with Gasteiger partial charge >= 0.3 is 0 Å². The van der Waals surface area contributed by atoms with E-state index in [1.807, 2.05) is 11.8 Å². The molecule has 1 aliphatic heterocycles. The van der Waals surface area contributed by atoms with Crippen LogP contribution in [0.4, 0.5) is 0 Å². The molecule has 5 heteroatoms. The van der Waals surface area contributed by atoms with Gasteiger partial charge in [-0.2, -0.15) is 0 Å². The lowest BCUT2D eigenvalue weighted by molar-refractivity contribution is 0.255. The topological polar surface area (TPSA) is 28.2 Å². The summed E-state index contributed by atoms with van der Waals surface area (Å²) in [6.45, 7) is 5.79. The number of rotatable bonds is 4. The van der Waals surface area contributed by atoms with Crippen molar-refractivity contribution in [1.82, 2.24) is 15.2 Å². The van der Waals surface area contributed by atoms with Gasteiger partial charge in [0.1, 0.15) is 0 Å². The molecule has 1 aromatic heterocycles. The highest BCUT2D eigenvalue weighted by Crippen LogP contribution is 2.29. The smallest absolute Gasteiger partial charge is 0.151 e. The first-order chi connectivity index (χ1) is 8.92. The summed E-state index contributed by atoms with van der Waals surface area (Å²) in [6.07, 6.45) is 0. The number of hydrogen-bond donors (Lipinski definition) is 1. The summed E-state index contributed by atoms with van der Waals surface area (Å²) < 4.78 is 2.49. The molecule has 18 heavy (non-hydrogen) atoms. The molecular weight excluding hydrogens is 262 g/mol. The fourth-order valence-corrected chi connectivity index (χ4v) is 4.25. The van der Waals surface area contributed by atoms with Crippen LogP contribution in [0.15, 0.2) is 28.6 Å². The number of aromatic nitrogens is 1. The van der Waals surface area contributed by atoms with Crippen molar-refractivity contribution in [3.05, 3.63) is 24.3 Å². The first-order valence-corrected chi connectivity index (χ1v) is 8.13. The normalized spacial score (nSPS) is 17.3. The van der Waals surface area contributed by atoms with Crippen molar-refractivity contribution in [3.63, 3.8) is 0 Å². The highest BCUT2D eigenvalue weighted by atomic mass is 32.2. The molecule has 0 bridgehead atoms. The Morgan fingerprint density at radius 3 is 2.94 bits per heavy atom. The molecular formula is C13H17N3S2. The number of nitrogens with one attached hydrogen (secondary N) is 1. The highest BCUT2D eigenvalue weighted by Gasteiger charge is 2.09. The first kappa shape index (κ1) is 12.4. The molecule has 0 radical (unpaired) electrons. The Kier molecular flexibility index (Phi) is 4.15. The number of thioether (sulfide) groups is 1. The van der Waals surface area contributed by atoms with Crippen LogP contribution < -0.4 is 5.32 Å². The van der Waals surface area contributed by atoms with Crippen LogP contribution in [0.5, 0.6) is 0 Å². The molecule has 2 aromatic rings. The lowest BCUT2D eigenvalue weighted by Gasteiger charge is -2.26. The Labute approximate surface area is 116 Å². The van der Waals surface area contributed by atoms with Crippen molar-refractivity contribution < 1.29 is 0 Å². The second kappa shape index (κ2) is 6.02. The van der Waals surface area contributed by atoms with Crippen molar-refractivity contribution in [2.75, 3.05) is 38.5 Å². The number of nitrogens with zero attached hydrogens (tertiary/aromatic N) is 2. The van der Waals surface area contributed by atoms with Crippen LogP contribution in [0.3, 0.4) is 0 Å². The minimum Gasteiger partial charge on any atom is -0.314 e. The number of thiazole rings is 1. The van der Waals surface area contributed by atoms with Gasteiger partial charge in [0, 0.05) is 38.5 Å². The van der Waals surface area contributed by atoms with Gasteiger partial charge in [-0.15, -0.1) is 11.3 Å². The predicted molar refractivity (Wildman–Crippen MR) is 79.7 cm³/mol. The van der Waals surface area contributed by atoms with Crippen molar-refractivity contribution in [2.45, 2.75) is 4.34 Å². The van der Waals surface area contributed by atoms with E-state index in [-0.39, 0.29) is 0 Å². The van der Waals surface area contributed by atoms with E-state index in [9.17, 15) is 0 Å². The van der Waals surface area contributed by atoms with E-state index < -0.39 is 0 Å². The minimum absolute atomic E-state index is 1.13. The van der Waals surface area contributed by atoms with E-state index in [1.54, 1.807) is 11.3 Å². The van der Waals surface area contributed by atoms with Crippen LogP contribution >= 0.6 is 23.1 Å². The van der Waals surface area contributed by atoms with Crippen molar-refractivity contribution in [3.8, 4) is 0 Å². The summed E-state index contributed by atoms with van der Waals surface area (Å²) in [5, 5.41) is 3.38. The van der Waals surface area contributed by atoms with Crippen molar-refractivity contribution in [1.29, 1.82) is 0 Å². The van der Waals surface area contributed by atoms with Gasteiger partial charge in [0.15, 0.2) is 4.34 Å². The molecule has 1 fully saturated rings. The zero-order valence-electron chi connectivity index (χ0n) is 10.3. The van der Waals surface area contributed by atoms with E-state index in [1.165, 1.54) is 28.7 Å². The average Bonchev–Trinajstić information content (AvgIpc) is 2.82. The van der Waals surface area contributed by atoms with Crippen LogP contribution in [0, 0.1) is 0 Å². The largest absolute Gasteiger partial charge is 0.314 e. The third-order valence-corrected chi connectivity index (χ3v) is 5.28. The zero-order valence-corrected chi connectivity index (χ0v) is 11.9. The third kappa shape index (κ3) is 3.03. The average molecular weight is 279 g/mol. The maximum atomic E-state index is 4.65. The van der Waals surface area contributed by atoms with E-state index in [2.05, 4.69) is 39.5 Å². The lowest BCUT2D eigenvalue weighted by Crippen LogP contribution is -2.44. The van der Waals surface area contributed by atoms with Crippen LogP contribution in [0.25, 0.3) is 10.2 Å². The molecule has 1 saturated heterocycles. The summed E-state index contributed by atoms with van der Waals surface area (Å²) in [6, 6.07) is 8.37. The molecule has 1 aromatic carbocycles. The van der Waals surface area contributed by atoms with Gasteiger partial charge in [0.25, 0.3) is 0 Å². The van der Waals surface area contributed by atoms with Gasteiger partial charge in [0.2, 0.25) is 0 Å². The van der Waals surface area contributed by atoms with Gasteiger partial charge < -0.3 is 5.32 Å². The highest BCUT2D eigenvalue weighted by molar-refractivity contribution is 8.01. The van der Waals surface area contributed by atoms with E-state index in [4.69, 9.17) is 0 Å². The monoisotopic (exact) mass is 279 g/mol. The third-order valence-electron chi connectivity index (χ3n) is 3.12. The summed E-state index contributed by atoms with van der Waals surface area (Å²) in [7, 11) is 0. The van der Waals surface area contributed by atoms with Crippen LogP contribution in [0.2, 0.25) is 0 Å². The Bertz CT molecular complexity index is 473. The van der Waals surface area contributed by atoms with Gasteiger partial charge in [0.05, 0.1) is 10.2 Å². The Balaban J connectivity index is 1.53. The fraction of sp³-hybridized carbons (Fsp3) is 0.462. The van der Waals surface area contributed by atoms with Crippen molar-refractivity contribution >= 4 is 33.3 Å². The molecule has 0 unspecified atom stereocenters. The Morgan fingerprint density at radius 2 is 2.11 bits per heavy atom. The van der Waals surface area contributed by atoms with Gasteiger partial charge in [-0.25, -0.2) is 4.98 Å². The summed E-state index contributed by atoms with van der Waals surface area (Å²) in [5.41, 5.74) is 1.13. The lowest BCUT2D eigenvalue weighted by atomic mass is 10.3. The molecule has 2 heterocycles. The summed E-state index contributed by atoms with van der Waals surface area (Å²) in [5.74, 6) is 1.14. The quantitative estimate of drug-likeness (QED) is 0.869. The first-order valence-electron chi connectivity index (χ1n) is 6.33. The number of benzene rings is 1. The van der Waals surface area contributed by atoms with E-state index in [0.29, 0.717) is 0 Å². The number of piperazine rings is 1. The SMILES string of the molecule is c1ccc2sc(SCCN3CCNCC3)nc2c1. The maximum Gasteiger partial charge on any atom is 0.151 e. The molecule has 0 amide bonds. The molecule has 1 N–H and O–H groups in total. The fourth-order valence-electron chi connectivity index (χ4n) is 2.11. The summed E-state index contributed by atoms with van der Waals surface area (Å²) in [4.78, 5) is 7.17. The van der Waals surface area contributed by atoms with Crippen LogP contribution in [-0.2, 0) is 0 Å². The molecule has 3 rings (SSSR count). The Hall–Kier alpha value is -0.620. The molecule has 0 spiro atoms. The standard InChI is InChI=1S/C13H17N3S2/c1-2-4-12-11(3-1)15-13(18-12)17-10-9-16-7-5-14-6-8-16/h1-4,14H,5-10H2. The van der Waals surface area contributed by atoms with Crippen molar-refractivity contribution in [2.24, 2.45) is 0 Å². The summed E-state index contributed by atoms with van der Waals surface area (Å²) >= 11 is 3.69. The molecule has 0 atom stereocenters. The second-order valence-corrected chi connectivity index (χ2v) is 6.76. The van der Waals surface area contributed by atoms with Crippen LogP contribution in [-0.4, -0.2) is 48.4 Å². The maximum absolute atomic E-state index is 4.65. The molecule has 0 saturated carbocycles. The number of hydrogen-bond acceptors (Lipinski definition) is 5. The van der Waals surface area contributed by atoms with Gasteiger partial charge in [-0.05, 0) is 12.1 Å². The molecule has 1 aliphatic rings. The second-order valence-electron chi connectivity index (χ2n) is 4.39.